The number of halogens is 1. The van der Waals surface area contributed by atoms with Crippen LogP contribution in [0.4, 0.5) is 0 Å². The Morgan fingerprint density at radius 2 is 2.39 bits per heavy atom. The summed E-state index contributed by atoms with van der Waals surface area (Å²) in [5.41, 5.74) is 0.510. The van der Waals surface area contributed by atoms with Crippen molar-refractivity contribution in [3.8, 4) is 5.75 Å². The van der Waals surface area contributed by atoms with E-state index in [1.165, 1.54) is 6.07 Å². The zero-order valence-corrected chi connectivity index (χ0v) is 11.8. The summed E-state index contributed by atoms with van der Waals surface area (Å²) >= 11 is 3.21. The van der Waals surface area contributed by atoms with Crippen molar-refractivity contribution in [2.45, 2.75) is 19.4 Å². The molecule has 1 aromatic carbocycles. The number of carbonyl (C=O) groups is 1. The molecule has 0 saturated carbocycles. The summed E-state index contributed by atoms with van der Waals surface area (Å²) in [6.07, 6.45) is 0.869. The fourth-order valence-electron chi connectivity index (χ4n) is 2.07. The molecule has 0 bridgehead atoms. The molecule has 0 aliphatic carbocycles. The van der Waals surface area contributed by atoms with Crippen LogP contribution >= 0.6 is 15.9 Å². The van der Waals surface area contributed by atoms with Crippen molar-refractivity contribution in [3.63, 3.8) is 0 Å². The van der Waals surface area contributed by atoms with Gasteiger partial charge in [0, 0.05) is 12.1 Å². The molecule has 4 nitrogen and oxygen atoms in total. The highest BCUT2D eigenvalue weighted by Crippen LogP contribution is 2.25. The van der Waals surface area contributed by atoms with Gasteiger partial charge in [0.25, 0.3) is 5.91 Å². The molecule has 0 radical (unpaired) electrons. The lowest BCUT2D eigenvalue weighted by Gasteiger charge is -2.35. The molecule has 1 N–H and O–H groups in total. The number of ether oxygens (including phenoxy) is 1. The largest absolute Gasteiger partial charge is 0.507 e. The molecule has 0 spiro atoms. The Kier molecular flexibility index (Phi) is 4.24. The lowest BCUT2D eigenvalue weighted by atomic mass is 10.1. The predicted molar refractivity (Wildman–Crippen MR) is 71.7 cm³/mol. The van der Waals surface area contributed by atoms with E-state index in [4.69, 9.17) is 4.74 Å². The standard InChI is InChI=1S/C13H16BrNO3/c1-2-10-8-18-6-5-15(10)13(17)9-3-4-11(14)12(16)7-9/h3-4,7,10,16H,2,5-6,8H2,1H3. The van der Waals surface area contributed by atoms with Crippen LogP contribution in [0.2, 0.25) is 0 Å². The first kappa shape index (κ1) is 13.4. The van der Waals surface area contributed by atoms with Gasteiger partial charge < -0.3 is 14.7 Å². The van der Waals surface area contributed by atoms with Crippen LogP contribution in [0.25, 0.3) is 0 Å². The van der Waals surface area contributed by atoms with E-state index in [2.05, 4.69) is 15.9 Å². The minimum atomic E-state index is -0.0482. The number of phenolic OH excluding ortho intramolecular Hbond substituents is 1. The molecule has 1 unspecified atom stereocenters. The van der Waals surface area contributed by atoms with E-state index in [-0.39, 0.29) is 17.7 Å². The van der Waals surface area contributed by atoms with Crippen molar-refractivity contribution in [2.24, 2.45) is 0 Å². The highest BCUT2D eigenvalue weighted by atomic mass is 79.9. The van der Waals surface area contributed by atoms with Gasteiger partial charge in [-0.1, -0.05) is 6.92 Å². The third kappa shape index (κ3) is 2.67. The fourth-order valence-corrected chi connectivity index (χ4v) is 2.32. The van der Waals surface area contributed by atoms with E-state index in [1.807, 2.05) is 11.8 Å². The number of benzene rings is 1. The Morgan fingerprint density at radius 1 is 1.61 bits per heavy atom. The van der Waals surface area contributed by atoms with E-state index in [0.29, 0.717) is 29.8 Å². The monoisotopic (exact) mass is 313 g/mol. The summed E-state index contributed by atoms with van der Waals surface area (Å²) in [5.74, 6) is 0.0371. The second-order valence-electron chi connectivity index (χ2n) is 4.30. The first-order chi connectivity index (χ1) is 8.63. The maximum atomic E-state index is 12.4. The third-order valence-electron chi connectivity index (χ3n) is 3.15. The van der Waals surface area contributed by atoms with Crippen LogP contribution in [0.3, 0.4) is 0 Å². The topological polar surface area (TPSA) is 49.8 Å². The molecule has 1 heterocycles. The van der Waals surface area contributed by atoms with Gasteiger partial charge in [-0.05, 0) is 40.5 Å². The molecule has 98 valence electrons. The Hall–Kier alpha value is -1.07. The number of phenols is 1. The van der Waals surface area contributed by atoms with Crippen LogP contribution in [-0.2, 0) is 4.74 Å². The number of rotatable bonds is 2. The molecule has 1 aromatic rings. The summed E-state index contributed by atoms with van der Waals surface area (Å²) in [7, 11) is 0. The van der Waals surface area contributed by atoms with Crippen molar-refractivity contribution in [2.75, 3.05) is 19.8 Å². The molecule has 1 aliphatic rings. The van der Waals surface area contributed by atoms with Crippen molar-refractivity contribution < 1.29 is 14.6 Å². The quantitative estimate of drug-likeness (QED) is 0.912. The summed E-state index contributed by atoms with van der Waals surface area (Å²) in [5, 5.41) is 9.63. The number of hydrogen-bond donors (Lipinski definition) is 1. The van der Waals surface area contributed by atoms with Crippen LogP contribution < -0.4 is 0 Å². The van der Waals surface area contributed by atoms with Crippen LogP contribution in [0.1, 0.15) is 23.7 Å². The van der Waals surface area contributed by atoms with Crippen molar-refractivity contribution in [3.05, 3.63) is 28.2 Å². The molecule has 2 rings (SSSR count). The van der Waals surface area contributed by atoms with Gasteiger partial charge in [-0.2, -0.15) is 0 Å². The van der Waals surface area contributed by atoms with Gasteiger partial charge in [-0.15, -0.1) is 0 Å². The SMILES string of the molecule is CCC1COCCN1C(=O)c1ccc(Br)c(O)c1. The van der Waals surface area contributed by atoms with Crippen LogP contribution in [0, 0.1) is 0 Å². The van der Waals surface area contributed by atoms with E-state index >= 15 is 0 Å². The Balaban J connectivity index is 2.21. The summed E-state index contributed by atoms with van der Waals surface area (Å²) in [4.78, 5) is 14.2. The molecule has 5 heteroatoms. The molecule has 1 fully saturated rings. The summed E-state index contributed by atoms with van der Waals surface area (Å²) in [6, 6.07) is 5.02. The number of aromatic hydroxyl groups is 1. The zero-order chi connectivity index (χ0) is 13.1. The molecule has 1 aliphatic heterocycles. The zero-order valence-electron chi connectivity index (χ0n) is 10.2. The van der Waals surface area contributed by atoms with Gasteiger partial charge in [0.15, 0.2) is 0 Å². The van der Waals surface area contributed by atoms with Gasteiger partial charge in [0.1, 0.15) is 5.75 Å². The van der Waals surface area contributed by atoms with Gasteiger partial charge in [-0.3, -0.25) is 4.79 Å². The lowest BCUT2D eigenvalue weighted by Crippen LogP contribution is -2.48. The molecule has 1 amide bonds. The predicted octanol–water partition coefficient (Wildman–Crippen LogP) is 2.41. The van der Waals surface area contributed by atoms with Gasteiger partial charge >= 0.3 is 0 Å². The van der Waals surface area contributed by atoms with Crippen molar-refractivity contribution in [1.82, 2.24) is 4.90 Å². The van der Waals surface area contributed by atoms with E-state index in [9.17, 15) is 9.90 Å². The molecule has 1 atom stereocenters. The fraction of sp³-hybridized carbons (Fsp3) is 0.462. The molecular weight excluding hydrogens is 298 g/mol. The Labute approximate surface area is 115 Å². The van der Waals surface area contributed by atoms with Crippen molar-refractivity contribution >= 4 is 21.8 Å². The number of morpholine rings is 1. The maximum Gasteiger partial charge on any atom is 0.254 e. The molecule has 18 heavy (non-hydrogen) atoms. The van der Waals surface area contributed by atoms with Gasteiger partial charge in [0.05, 0.1) is 23.7 Å². The van der Waals surface area contributed by atoms with E-state index < -0.39 is 0 Å². The minimum Gasteiger partial charge on any atom is -0.507 e. The second kappa shape index (κ2) is 5.71. The van der Waals surface area contributed by atoms with Gasteiger partial charge in [-0.25, -0.2) is 0 Å². The van der Waals surface area contributed by atoms with Crippen LogP contribution in [-0.4, -0.2) is 41.7 Å². The van der Waals surface area contributed by atoms with E-state index in [0.717, 1.165) is 6.42 Å². The van der Waals surface area contributed by atoms with Gasteiger partial charge in [0.2, 0.25) is 0 Å². The highest BCUT2D eigenvalue weighted by molar-refractivity contribution is 9.10. The minimum absolute atomic E-state index is 0.0482. The molecule has 1 saturated heterocycles. The Morgan fingerprint density at radius 3 is 3.06 bits per heavy atom. The first-order valence-electron chi connectivity index (χ1n) is 6.00. The average Bonchev–Trinajstić information content (AvgIpc) is 2.41. The normalized spacial score (nSPS) is 19.9. The number of hydrogen-bond acceptors (Lipinski definition) is 3. The van der Waals surface area contributed by atoms with E-state index in [1.54, 1.807) is 12.1 Å². The summed E-state index contributed by atoms with van der Waals surface area (Å²) < 4.78 is 5.97. The summed E-state index contributed by atoms with van der Waals surface area (Å²) in [6.45, 7) is 3.81. The second-order valence-corrected chi connectivity index (χ2v) is 5.16. The lowest BCUT2D eigenvalue weighted by molar-refractivity contribution is -0.00281. The molecule has 0 aromatic heterocycles. The Bertz CT molecular complexity index is 450. The number of nitrogens with zero attached hydrogens (tertiary/aromatic N) is 1. The average molecular weight is 314 g/mol. The van der Waals surface area contributed by atoms with Crippen molar-refractivity contribution in [1.29, 1.82) is 0 Å². The number of amides is 1. The van der Waals surface area contributed by atoms with Crippen LogP contribution in [0.15, 0.2) is 22.7 Å². The van der Waals surface area contributed by atoms with Crippen LogP contribution in [0.5, 0.6) is 5.75 Å². The maximum absolute atomic E-state index is 12.4. The highest BCUT2D eigenvalue weighted by Gasteiger charge is 2.26. The third-order valence-corrected chi connectivity index (χ3v) is 3.82. The molecular formula is C13H16BrNO3. The first-order valence-corrected chi connectivity index (χ1v) is 6.80. The number of carbonyl (C=O) groups excluding carboxylic acids is 1. The smallest absolute Gasteiger partial charge is 0.254 e.